The zero-order valence-electron chi connectivity index (χ0n) is 11.6. The highest BCUT2D eigenvalue weighted by atomic mass is 32.2. The van der Waals surface area contributed by atoms with E-state index in [0.717, 1.165) is 11.4 Å². The van der Waals surface area contributed by atoms with E-state index in [2.05, 4.69) is 5.10 Å². The highest BCUT2D eigenvalue weighted by molar-refractivity contribution is 8.00. The standard InChI is InChI=1S/C14H13N4O3S/c19-12-8-13-18(12)10(3-7-22-13)14(20)21-9-16-5-6-17-11(16)2-1-4-15-17/h1-6,13H,7-9H2/q+1/t13-/m1/s1. The lowest BCUT2D eigenvalue weighted by Crippen LogP contribution is -2.53. The molecule has 8 heteroatoms. The third-order valence-electron chi connectivity index (χ3n) is 3.71. The maximum atomic E-state index is 12.2. The van der Waals surface area contributed by atoms with E-state index in [1.54, 1.807) is 45.5 Å². The zero-order chi connectivity index (χ0) is 15.1. The lowest BCUT2D eigenvalue weighted by Gasteiger charge is -2.42. The number of imidazole rings is 1. The SMILES string of the molecule is O=C(OC[n+]1ccn2ncccc21)C1=CCS[C@@H]2CC(=O)N12. The first kappa shape index (κ1) is 13.3. The van der Waals surface area contributed by atoms with E-state index < -0.39 is 5.97 Å². The molecule has 0 unspecified atom stereocenters. The number of ether oxygens (including phenoxy) is 1. The predicted octanol–water partition coefficient (Wildman–Crippen LogP) is 0.312. The summed E-state index contributed by atoms with van der Waals surface area (Å²) >= 11 is 1.66. The molecule has 0 aliphatic carbocycles. The lowest BCUT2D eigenvalue weighted by atomic mass is 10.1. The number of hydrogen-bond acceptors (Lipinski definition) is 5. The van der Waals surface area contributed by atoms with E-state index in [0.29, 0.717) is 12.1 Å². The molecule has 0 N–H and O–H groups in total. The average molecular weight is 317 g/mol. The minimum atomic E-state index is -0.464. The Balaban J connectivity index is 1.48. The third kappa shape index (κ3) is 2.07. The minimum Gasteiger partial charge on any atom is -0.420 e. The summed E-state index contributed by atoms with van der Waals surface area (Å²) in [6, 6.07) is 3.70. The van der Waals surface area contributed by atoms with Crippen molar-refractivity contribution in [1.82, 2.24) is 14.5 Å². The summed E-state index contributed by atoms with van der Waals surface area (Å²) in [6.45, 7) is 0.0816. The fraction of sp³-hybridized carbons (Fsp3) is 0.286. The van der Waals surface area contributed by atoms with Crippen LogP contribution < -0.4 is 4.57 Å². The number of fused-ring (bicyclic) bond motifs is 2. The fourth-order valence-corrected chi connectivity index (χ4v) is 3.69. The maximum Gasteiger partial charge on any atom is 0.357 e. The van der Waals surface area contributed by atoms with Crippen molar-refractivity contribution in [2.75, 3.05) is 5.75 Å². The van der Waals surface area contributed by atoms with Crippen LogP contribution in [0.2, 0.25) is 0 Å². The lowest BCUT2D eigenvalue weighted by molar-refractivity contribution is -0.703. The Bertz CT molecular complexity index is 800. The van der Waals surface area contributed by atoms with Crippen LogP contribution in [0.1, 0.15) is 6.42 Å². The van der Waals surface area contributed by atoms with Crippen molar-refractivity contribution < 1.29 is 18.9 Å². The second-order valence-corrected chi connectivity index (χ2v) is 6.21. The molecule has 2 aliphatic rings. The maximum absolute atomic E-state index is 12.2. The number of esters is 1. The normalized spacial score (nSPS) is 20.4. The Morgan fingerprint density at radius 3 is 3.32 bits per heavy atom. The summed E-state index contributed by atoms with van der Waals surface area (Å²) < 4.78 is 8.82. The molecule has 1 amide bonds. The number of aromatic nitrogens is 3. The van der Waals surface area contributed by atoms with Gasteiger partial charge in [0.1, 0.15) is 11.9 Å². The molecule has 1 saturated heterocycles. The average Bonchev–Trinajstić information content (AvgIpc) is 2.94. The van der Waals surface area contributed by atoms with E-state index in [9.17, 15) is 9.59 Å². The van der Waals surface area contributed by atoms with Crippen LogP contribution in [0.25, 0.3) is 5.65 Å². The molecule has 0 bridgehead atoms. The van der Waals surface area contributed by atoms with Gasteiger partial charge in [0.2, 0.25) is 12.6 Å². The topological polar surface area (TPSA) is 67.8 Å². The van der Waals surface area contributed by atoms with E-state index in [-0.39, 0.29) is 18.0 Å². The van der Waals surface area contributed by atoms with Crippen LogP contribution in [0.3, 0.4) is 0 Å². The van der Waals surface area contributed by atoms with Crippen molar-refractivity contribution in [1.29, 1.82) is 0 Å². The van der Waals surface area contributed by atoms with Crippen LogP contribution in [0, 0.1) is 0 Å². The zero-order valence-corrected chi connectivity index (χ0v) is 12.4. The minimum absolute atomic E-state index is 0.0217. The number of nitrogens with zero attached hydrogens (tertiary/aromatic N) is 4. The molecular formula is C14H13N4O3S+. The molecule has 7 nitrogen and oxygen atoms in total. The molecule has 0 spiro atoms. The number of carbonyl (C=O) groups excluding carboxylic acids is 2. The van der Waals surface area contributed by atoms with Gasteiger partial charge in [-0.2, -0.15) is 4.57 Å². The number of rotatable bonds is 3. The number of thioether (sulfide) groups is 1. The van der Waals surface area contributed by atoms with Gasteiger partial charge in [-0.15, -0.1) is 16.3 Å². The molecule has 2 aromatic rings. The van der Waals surface area contributed by atoms with Crippen LogP contribution in [0.5, 0.6) is 0 Å². The van der Waals surface area contributed by atoms with Gasteiger partial charge in [-0.25, -0.2) is 4.79 Å². The van der Waals surface area contributed by atoms with Gasteiger partial charge in [0.15, 0.2) is 6.20 Å². The van der Waals surface area contributed by atoms with Crippen molar-refractivity contribution >= 4 is 29.3 Å². The van der Waals surface area contributed by atoms with Gasteiger partial charge in [-0.05, 0) is 12.1 Å². The summed E-state index contributed by atoms with van der Waals surface area (Å²) in [5.41, 5.74) is 1.18. The summed E-state index contributed by atoms with van der Waals surface area (Å²) in [6.07, 6.45) is 7.51. The molecule has 0 saturated carbocycles. The molecule has 22 heavy (non-hydrogen) atoms. The number of hydrogen-bond donors (Lipinski definition) is 0. The van der Waals surface area contributed by atoms with Gasteiger partial charge in [-0.3, -0.25) is 9.69 Å². The summed E-state index contributed by atoms with van der Waals surface area (Å²) in [7, 11) is 0. The van der Waals surface area contributed by atoms with Gasteiger partial charge in [0, 0.05) is 11.8 Å². The monoisotopic (exact) mass is 317 g/mol. The second-order valence-electron chi connectivity index (χ2n) is 5.00. The molecule has 4 heterocycles. The Morgan fingerprint density at radius 2 is 2.45 bits per heavy atom. The highest BCUT2D eigenvalue weighted by Crippen LogP contribution is 2.37. The summed E-state index contributed by atoms with van der Waals surface area (Å²) in [5.74, 6) is 0.242. The Kier molecular flexibility index (Phi) is 3.11. The van der Waals surface area contributed by atoms with E-state index in [1.165, 1.54) is 4.90 Å². The molecule has 1 fully saturated rings. The quantitative estimate of drug-likeness (QED) is 0.463. The van der Waals surface area contributed by atoms with Crippen molar-refractivity contribution in [2.45, 2.75) is 18.5 Å². The first-order valence-electron chi connectivity index (χ1n) is 6.87. The fourth-order valence-electron chi connectivity index (χ4n) is 2.58. The van der Waals surface area contributed by atoms with Gasteiger partial charge in [-0.1, -0.05) is 5.10 Å². The summed E-state index contributed by atoms with van der Waals surface area (Å²) in [5, 5.41) is 4.24. The van der Waals surface area contributed by atoms with Crippen molar-refractivity contribution in [3.63, 3.8) is 0 Å². The Labute approximate surface area is 130 Å². The molecule has 0 aromatic carbocycles. The molecule has 4 rings (SSSR count). The first-order chi connectivity index (χ1) is 10.7. The number of β-lactam (4-membered cyclic amide) rings is 1. The van der Waals surface area contributed by atoms with Crippen LogP contribution in [0.15, 0.2) is 42.5 Å². The number of carbonyl (C=O) groups is 2. The Hall–Kier alpha value is -2.35. The van der Waals surface area contributed by atoms with E-state index >= 15 is 0 Å². The van der Waals surface area contributed by atoms with E-state index in [1.807, 2.05) is 12.1 Å². The molecule has 2 aromatic heterocycles. The Morgan fingerprint density at radius 1 is 1.55 bits per heavy atom. The highest BCUT2D eigenvalue weighted by Gasteiger charge is 2.43. The number of amides is 1. The predicted molar refractivity (Wildman–Crippen MR) is 77.3 cm³/mol. The van der Waals surface area contributed by atoms with Gasteiger partial charge >= 0.3 is 11.6 Å². The summed E-state index contributed by atoms with van der Waals surface area (Å²) in [4.78, 5) is 25.4. The van der Waals surface area contributed by atoms with Gasteiger partial charge < -0.3 is 4.74 Å². The molecular weight excluding hydrogens is 304 g/mol. The largest absolute Gasteiger partial charge is 0.420 e. The molecule has 1 atom stereocenters. The van der Waals surface area contributed by atoms with Crippen LogP contribution in [0.4, 0.5) is 0 Å². The smallest absolute Gasteiger partial charge is 0.357 e. The molecule has 2 aliphatic heterocycles. The molecule has 112 valence electrons. The van der Waals surface area contributed by atoms with Crippen LogP contribution >= 0.6 is 11.8 Å². The third-order valence-corrected chi connectivity index (χ3v) is 4.84. The molecule has 0 radical (unpaired) electrons. The van der Waals surface area contributed by atoms with E-state index in [4.69, 9.17) is 4.74 Å². The van der Waals surface area contributed by atoms with Crippen molar-refractivity contribution in [3.05, 3.63) is 42.5 Å². The van der Waals surface area contributed by atoms with Crippen molar-refractivity contribution in [3.8, 4) is 0 Å². The first-order valence-corrected chi connectivity index (χ1v) is 7.92. The van der Waals surface area contributed by atoms with Gasteiger partial charge in [0.25, 0.3) is 0 Å². The second kappa shape index (κ2) is 5.13. The van der Waals surface area contributed by atoms with Crippen LogP contribution in [-0.4, -0.2) is 37.5 Å². The van der Waals surface area contributed by atoms with Crippen molar-refractivity contribution in [2.24, 2.45) is 0 Å². The van der Waals surface area contributed by atoms with Crippen LogP contribution in [-0.2, 0) is 21.1 Å². The van der Waals surface area contributed by atoms with Gasteiger partial charge in [0.05, 0.1) is 18.0 Å².